The summed E-state index contributed by atoms with van der Waals surface area (Å²) in [6.07, 6.45) is 4.83. The highest BCUT2D eigenvalue weighted by Crippen LogP contribution is 2.43. The van der Waals surface area contributed by atoms with E-state index in [1.165, 1.54) is 6.42 Å². The molecule has 1 aromatic carbocycles. The van der Waals surface area contributed by atoms with Crippen LogP contribution in [0.5, 0.6) is 0 Å². The van der Waals surface area contributed by atoms with Crippen LogP contribution in [0.4, 0.5) is 0 Å². The van der Waals surface area contributed by atoms with E-state index in [1.807, 2.05) is 23.6 Å². The van der Waals surface area contributed by atoms with Gasteiger partial charge in [-0.3, -0.25) is 9.89 Å². The fourth-order valence-corrected chi connectivity index (χ4v) is 5.23. The van der Waals surface area contributed by atoms with Gasteiger partial charge in [0, 0.05) is 41.5 Å². The zero-order valence-electron chi connectivity index (χ0n) is 14.1. The number of carbonyl (C=O) groups is 1. The lowest BCUT2D eigenvalue weighted by Gasteiger charge is -2.27. The molecule has 2 bridgehead atoms. The first-order valence-electron chi connectivity index (χ1n) is 8.80. The van der Waals surface area contributed by atoms with Crippen LogP contribution in [0.1, 0.15) is 29.8 Å². The summed E-state index contributed by atoms with van der Waals surface area (Å²) in [5, 5.41) is 11.2. The predicted octanol–water partition coefficient (Wildman–Crippen LogP) is 3.60. The molecule has 1 saturated heterocycles. The number of Topliss-reactive ketones (excluding diaryl/α,β-unsaturated/α-hetero) is 1. The molecule has 3 heterocycles. The van der Waals surface area contributed by atoms with E-state index in [0.717, 1.165) is 34.4 Å². The van der Waals surface area contributed by atoms with Gasteiger partial charge >= 0.3 is 0 Å². The van der Waals surface area contributed by atoms with Crippen LogP contribution in [-0.4, -0.2) is 45.5 Å². The molecule has 1 saturated carbocycles. The molecule has 3 aromatic rings. The van der Waals surface area contributed by atoms with E-state index in [9.17, 15) is 4.79 Å². The highest BCUT2D eigenvalue weighted by Gasteiger charge is 2.43. The standard InChI is InChI=1S/C19H20N4OS/c1-23-10-13-7-14(23)6-12(13)9-17(24)18-15-8-11(19-20-4-5-25-19)2-3-16(15)21-22-18/h2-5,8,12-14H,6-7,9-10H2,1H3,(H,21,22). The number of hydrogen-bond acceptors (Lipinski definition) is 5. The van der Waals surface area contributed by atoms with Crippen LogP contribution >= 0.6 is 11.3 Å². The molecule has 6 heteroatoms. The summed E-state index contributed by atoms with van der Waals surface area (Å²) in [7, 11) is 2.20. The maximum atomic E-state index is 12.9. The number of rotatable bonds is 4. The van der Waals surface area contributed by atoms with Gasteiger partial charge in [-0.25, -0.2) is 4.98 Å². The van der Waals surface area contributed by atoms with Gasteiger partial charge in [-0.2, -0.15) is 5.10 Å². The van der Waals surface area contributed by atoms with E-state index in [2.05, 4.69) is 27.1 Å². The summed E-state index contributed by atoms with van der Waals surface area (Å²) in [5.74, 6) is 1.36. The topological polar surface area (TPSA) is 61.9 Å². The van der Waals surface area contributed by atoms with Crippen molar-refractivity contribution in [2.24, 2.45) is 11.8 Å². The molecular formula is C19H20N4OS. The number of H-pyrrole nitrogens is 1. The second-order valence-electron chi connectivity index (χ2n) is 7.38. The summed E-state index contributed by atoms with van der Waals surface area (Å²) in [6.45, 7) is 1.14. The normalized spacial score (nSPS) is 25.9. The Labute approximate surface area is 150 Å². The van der Waals surface area contributed by atoms with Crippen LogP contribution in [0, 0.1) is 11.8 Å². The van der Waals surface area contributed by atoms with Crippen molar-refractivity contribution in [3.05, 3.63) is 35.5 Å². The maximum Gasteiger partial charge on any atom is 0.183 e. The molecule has 1 N–H and O–H groups in total. The minimum absolute atomic E-state index is 0.169. The Morgan fingerprint density at radius 1 is 1.40 bits per heavy atom. The number of benzene rings is 1. The van der Waals surface area contributed by atoms with Crippen molar-refractivity contribution >= 4 is 28.0 Å². The molecule has 2 aliphatic rings. The molecular weight excluding hydrogens is 332 g/mol. The highest BCUT2D eigenvalue weighted by molar-refractivity contribution is 7.13. The highest BCUT2D eigenvalue weighted by atomic mass is 32.1. The molecule has 5 nitrogen and oxygen atoms in total. The molecule has 2 aromatic heterocycles. The first-order chi connectivity index (χ1) is 12.2. The van der Waals surface area contributed by atoms with Gasteiger partial charge in [0.1, 0.15) is 10.7 Å². The molecule has 1 aliphatic carbocycles. The lowest BCUT2D eigenvalue weighted by molar-refractivity contribution is 0.0927. The number of aromatic amines is 1. The van der Waals surface area contributed by atoms with E-state index < -0.39 is 0 Å². The Morgan fingerprint density at radius 3 is 3.04 bits per heavy atom. The second-order valence-corrected chi connectivity index (χ2v) is 8.28. The first kappa shape index (κ1) is 15.2. The van der Waals surface area contributed by atoms with Gasteiger partial charge in [0.15, 0.2) is 5.78 Å². The van der Waals surface area contributed by atoms with Gasteiger partial charge in [-0.05, 0) is 49.9 Å². The van der Waals surface area contributed by atoms with E-state index in [0.29, 0.717) is 30.0 Å². The lowest BCUT2D eigenvalue weighted by Crippen LogP contribution is -2.32. The Morgan fingerprint density at radius 2 is 2.32 bits per heavy atom. The minimum Gasteiger partial charge on any atom is -0.303 e. The van der Waals surface area contributed by atoms with E-state index in [-0.39, 0.29) is 5.78 Å². The summed E-state index contributed by atoms with van der Waals surface area (Å²) < 4.78 is 0. The van der Waals surface area contributed by atoms with Crippen molar-refractivity contribution in [2.75, 3.05) is 13.6 Å². The number of fused-ring (bicyclic) bond motifs is 3. The number of thiazole rings is 1. The van der Waals surface area contributed by atoms with E-state index >= 15 is 0 Å². The number of hydrogen-bond donors (Lipinski definition) is 1. The summed E-state index contributed by atoms with van der Waals surface area (Å²) in [5.41, 5.74) is 2.54. The van der Waals surface area contributed by atoms with Gasteiger partial charge in [0.2, 0.25) is 0 Å². The molecule has 0 spiro atoms. The number of nitrogens with zero attached hydrogens (tertiary/aromatic N) is 3. The zero-order valence-corrected chi connectivity index (χ0v) is 14.9. The quantitative estimate of drug-likeness (QED) is 0.729. The lowest BCUT2D eigenvalue weighted by atomic mass is 9.88. The van der Waals surface area contributed by atoms with Crippen molar-refractivity contribution in [1.82, 2.24) is 20.1 Å². The van der Waals surface area contributed by atoms with E-state index in [1.54, 1.807) is 17.5 Å². The van der Waals surface area contributed by atoms with E-state index in [4.69, 9.17) is 0 Å². The summed E-state index contributed by atoms with van der Waals surface area (Å²) in [6, 6.07) is 6.73. The van der Waals surface area contributed by atoms with Crippen LogP contribution in [-0.2, 0) is 0 Å². The van der Waals surface area contributed by atoms with Gasteiger partial charge in [0.25, 0.3) is 0 Å². The van der Waals surface area contributed by atoms with Crippen LogP contribution in [0.3, 0.4) is 0 Å². The van der Waals surface area contributed by atoms with Crippen LogP contribution in [0.15, 0.2) is 29.8 Å². The predicted molar refractivity (Wildman–Crippen MR) is 98.8 cm³/mol. The molecule has 0 radical (unpaired) electrons. The van der Waals surface area contributed by atoms with Gasteiger partial charge < -0.3 is 4.90 Å². The third kappa shape index (κ3) is 2.51. The molecule has 25 heavy (non-hydrogen) atoms. The Kier molecular flexibility index (Phi) is 3.50. The average Bonchev–Trinajstić information content (AvgIpc) is 3.37. The SMILES string of the molecule is CN1CC2CC1CC2CC(=O)c1n[nH]c2ccc(-c3nccs3)cc12. The van der Waals surface area contributed by atoms with Crippen LogP contribution in [0.2, 0.25) is 0 Å². The molecule has 1 aliphatic heterocycles. The first-order valence-corrected chi connectivity index (χ1v) is 9.68. The Bertz CT molecular complexity index is 930. The largest absolute Gasteiger partial charge is 0.303 e. The molecule has 5 rings (SSSR count). The van der Waals surface area contributed by atoms with Gasteiger partial charge in [0.05, 0.1) is 5.52 Å². The Balaban J connectivity index is 1.42. The Hall–Kier alpha value is -2.05. The molecule has 2 fully saturated rings. The molecule has 0 amide bonds. The van der Waals surface area contributed by atoms with Crippen LogP contribution < -0.4 is 0 Å². The van der Waals surface area contributed by atoms with Crippen LogP contribution in [0.25, 0.3) is 21.5 Å². The number of ketones is 1. The fourth-order valence-electron chi connectivity index (χ4n) is 4.59. The molecule has 128 valence electrons. The van der Waals surface area contributed by atoms with Crippen molar-refractivity contribution in [3.8, 4) is 10.6 Å². The number of carbonyl (C=O) groups excluding carboxylic acids is 1. The van der Waals surface area contributed by atoms with Crippen molar-refractivity contribution < 1.29 is 4.79 Å². The van der Waals surface area contributed by atoms with Gasteiger partial charge in [-0.1, -0.05) is 0 Å². The fraction of sp³-hybridized carbons (Fsp3) is 0.421. The van der Waals surface area contributed by atoms with Crippen molar-refractivity contribution in [1.29, 1.82) is 0 Å². The number of likely N-dealkylation sites (tertiary alicyclic amines) is 1. The van der Waals surface area contributed by atoms with Gasteiger partial charge in [-0.15, -0.1) is 11.3 Å². The van der Waals surface area contributed by atoms with Crippen molar-refractivity contribution in [3.63, 3.8) is 0 Å². The third-order valence-corrected chi connectivity index (χ3v) is 6.74. The minimum atomic E-state index is 0.169. The average molecular weight is 352 g/mol. The number of nitrogens with one attached hydrogen (secondary N) is 1. The number of piperidine rings is 1. The smallest absolute Gasteiger partial charge is 0.183 e. The number of aromatic nitrogens is 3. The monoisotopic (exact) mass is 352 g/mol. The molecule has 3 atom stereocenters. The third-order valence-electron chi connectivity index (χ3n) is 5.92. The second kappa shape index (κ2) is 5.75. The summed E-state index contributed by atoms with van der Waals surface area (Å²) in [4.78, 5) is 19.7. The van der Waals surface area contributed by atoms with Crippen molar-refractivity contribution in [2.45, 2.75) is 25.3 Å². The maximum absolute atomic E-state index is 12.9. The summed E-state index contributed by atoms with van der Waals surface area (Å²) >= 11 is 1.60. The zero-order chi connectivity index (χ0) is 17.0. The molecule has 3 unspecified atom stereocenters.